The minimum atomic E-state index is -0.565. The molecule has 0 radical (unpaired) electrons. The predicted octanol–water partition coefficient (Wildman–Crippen LogP) is 2.33. The molecular formula is C24H27ClN6O4. The number of methoxy groups -OCH3 is 1. The van der Waals surface area contributed by atoms with E-state index in [1.165, 1.54) is 7.11 Å². The van der Waals surface area contributed by atoms with Gasteiger partial charge in [0.1, 0.15) is 17.9 Å². The van der Waals surface area contributed by atoms with Gasteiger partial charge in [-0.2, -0.15) is 0 Å². The van der Waals surface area contributed by atoms with Crippen LogP contribution < -0.4 is 10.6 Å². The van der Waals surface area contributed by atoms with Crippen LogP contribution in [0.5, 0.6) is 0 Å². The number of aliphatic imine (C=N–C) groups is 1. The maximum atomic E-state index is 13.5. The minimum Gasteiger partial charge on any atom is -0.467 e. The molecule has 4 heterocycles. The van der Waals surface area contributed by atoms with Gasteiger partial charge < -0.3 is 25.1 Å². The monoisotopic (exact) mass is 498 g/mol. The summed E-state index contributed by atoms with van der Waals surface area (Å²) in [5.74, 6) is 0.0620. The van der Waals surface area contributed by atoms with Gasteiger partial charge in [0.05, 0.1) is 55.3 Å². The molecule has 2 aliphatic rings. The Balaban J connectivity index is 1.39. The van der Waals surface area contributed by atoms with Crippen LogP contribution in [-0.2, 0) is 19.1 Å². The number of amidine groups is 1. The van der Waals surface area contributed by atoms with Crippen LogP contribution in [0.15, 0.2) is 35.6 Å². The lowest BCUT2D eigenvalue weighted by Crippen LogP contribution is -2.60. The molecule has 2 aromatic heterocycles. The Bertz CT molecular complexity index is 1340. The fraction of sp³-hybridized carbons (Fsp3) is 0.417. The van der Waals surface area contributed by atoms with E-state index < -0.39 is 17.7 Å². The number of halogens is 1. The molecule has 1 fully saturated rings. The molecule has 5 rings (SSSR count). The zero-order valence-electron chi connectivity index (χ0n) is 19.7. The Morgan fingerprint density at radius 1 is 1.34 bits per heavy atom. The molecule has 10 nitrogen and oxygen atoms in total. The van der Waals surface area contributed by atoms with Crippen LogP contribution in [0.4, 0.5) is 5.69 Å². The third-order valence-electron chi connectivity index (χ3n) is 6.34. The number of amides is 1. The number of aromatic amines is 1. The Morgan fingerprint density at radius 3 is 2.97 bits per heavy atom. The summed E-state index contributed by atoms with van der Waals surface area (Å²) < 4.78 is 10.8. The number of nitrogens with zero attached hydrogens (tertiary/aromatic N) is 3. The third-order valence-corrected chi connectivity index (χ3v) is 6.55. The van der Waals surface area contributed by atoms with Gasteiger partial charge in [-0.3, -0.25) is 19.7 Å². The van der Waals surface area contributed by atoms with Gasteiger partial charge in [-0.1, -0.05) is 11.6 Å². The highest BCUT2D eigenvalue weighted by Crippen LogP contribution is 2.33. The van der Waals surface area contributed by atoms with Gasteiger partial charge in [-0.05, 0) is 32.0 Å². The number of hydrogen-bond acceptors (Lipinski definition) is 8. The number of esters is 1. The number of anilines is 1. The number of carbonyl (C=O) groups excluding carboxylic acids is 2. The zero-order chi connectivity index (χ0) is 24.7. The number of fused-ring (bicyclic) bond motifs is 3. The van der Waals surface area contributed by atoms with Crippen molar-refractivity contribution in [3.05, 3.63) is 35.6 Å². The second-order valence-electron chi connectivity index (χ2n) is 9.41. The minimum absolute atomic E-state index is 0.215. The number of hydrogen-bond donors (Lipinski definition) is 3. The van der Waals surface area contributed by atoms with Gasteiger partial charge in [0.25, 0.3) is 0 Å². The van der Waals surface area contributed by atoms with E-state index in [9.17, 15) is 9.59 Å². The first-order valence-electron chi connectivity index (χ1n) is 11.4. The van der Waals surface area contributed by atoms with E-state index in [1.807, 2.05) is 30.9 Å². The molecular weight excluding hydrogens is 472 g/mol. The Kier molecular flexibility index (Phi) is 6.12. The van der Waals surface area contributed by atoms with Crippen molar-refractivity contribution in [3.8, 4) is 0 Å². The van der Waals surface area contributed by atoms with Crippen molar-refractivity contribution < 1.29 is 19.1 Å². The highest BCUT2D eigenvalue weighted by molar-refractivity contribution is 6.33. The first kappa shape index (κ1) is 23.5. The van der Waals surface area contributed by atoms with Crippen LogP contribution in [0.2, 0.25) is 5.02 Å². The average molecular weight is 499 g/mol. The zero-order valence-corrected chi connectivity index (χ0v) is 20.5. The van der Waals surface area contributed by atoms with E-state index in [1.54, 1.807) is 18.5 Å². The van der Waals surface area contributed by atoms with Crippen molar-refractivity contribution in [2.45, 2.75) is 31.5 Å². The fourth-order valence-electron chi connectivity index (χ4n) is 4.65. The number of carbonyl (C=O) groups is 2. The highest BCUT2D eigenvalue weighted by atomic mass is 35.5. The number of aromatic nitrogens is 2. The van der Waals surface area contributed by atoms with Crippen LogP contribution in [0.1, 0.15) is 13.8 Å². The molecule has 35 heavy (non-hydrogen) atoms. The van der Waals surface area contributed by atoms with Crippen molar-refractivity contribution in [1.29, 1.82) is 0 Å². The molecule has 2 unspecified atom stereocenters. The average Bonchev–Trinajstić information content (AvgIpc) is 3.43. The summed E-state index contributed by atoms with van der Waals surface area (Å²) in [6.07, 6.45) is 3.46. The van der Waals surface area contributed by atoms with E-state index in [2.05, 4.69) is 25.6 Å². The van der Waals surface area contributed by atoms with E-state index in [0.29, 0.717) is 36.2 Å². The lowest BCUT2D eigenvalue weighted by Gasteiger charge is -2.42. The van der Waals surface area contributed by atoms with Gasteiger partial charge >= 0.3 is 5.97 Å². The van der Waals surface area contributed by atoms with Crippen molar-refractivity contribution in [1.82, 2.24) is 20.2 Å². The number of pyridine rings is 1. The second-order valence-corrected chi connectivity index (χ2v) is 9.85. The van der Waals surface area contributed by atoms with Gasteiger partial charge in [-0.15, -0.1) is 0 Å². The summed E-state index contributed by atoms with van der Waals surface area (Å²) in [6.45, 7) is 5.37. The predicted molar refractivity (Wildman–Crippen MR) is 134 cm³/mol. The van der Waals surface area contributed by atoms with Crippen LogP contribution in [0.25, 0.3) is 21.8 Å². The fourth-order valence-corrected chi connectivity index (χ4v) is 4.87. The summed E-state index contributed by atoms with van der Waals surface area (Å²) in [6, 6.07) is 4.43. The first-order chi connectivity index (χ1) is 16.7. The van der Waals surface area contributed by atoms with Gasteiger partial charge in [0, 0.05) is 28.5 Å². The number of benzene rings is 1. The quantitative estimate of drug-likeness (QED) is 0.461. The molecule has 184 valence electrons. The summed E-state index contributed by atoms with van der Waals surface area (Å²) in [5, 5.41) is 8.54. The van der Waals surface area contributed by atoms with E-state index in [0.717, 1.165) is 21.8 Å². The van der Waals surface area contributed by atoms with Crippen molar-refractivity contribution in [2.24, 2.45) is 4.99 Å². The Morgan fingerprint density at radius 2 is 2.17 bits per heavy atom. The van der Waals surface area contributed by atoms with Gasteiger partial charge in [-0.25, -0.2) is 4.79 Å². The smallest absolute Gasteiger partial charge is 0.330 e. The Hall–Kier alpha value is -3.21. The first-order valence-corrected chi connectivity index (χ1v) is 11.7. The lowest BCUT2D eigenvalue weighted by molar-refractivity contribution is -0.143. The molecule has 0 bridgehead atoms. The van der Waals surface area contributed by atoms with Crippen LogP contribution in [-0.4, -0.2) is 83.6 Å². The van der Waals surface area contributed by atoms with E-state index in [-0.39, 0.29) is 18.5 Å². The number of ether oxygens (including phenoxy) is 2. The maximum Gasteiger partial charge on any atom is 0.330 e. The summed E-state index contributed by atoms with van der Waals surface area (Å²) in [7, 11) is 1.35. The molecule has 0 spiro atoms. The van der Waals surface area contributed by atoms with Crippen LogP contribution >= 0.6 is 11.6 Å². The third kappa shape index (κ3) is 4.69. The number of H-pyrrole nitrogens is 1. The standard InChI is InChI=1S/C24H27ClN6O4/c1-24(2)12-31(10-20-27-9-18(28-20)23(33)34-3)19(11-35-24)22(32)30-16-7-13(25)6-15-14-4-5-26-8-17(14)29-21(15)16/h4-8,18-19,29H,9-12H2,1-3H3,(H,27,28)(H,30,32). The summed E-state index contributed by atoms with van der Waals surface area (Å²) >= 11 is 6.40. The number of nitrogens with one attached hydrogen (secondary N) is 3. The Labute approximate surface area is 207 Å². The van der Waals surface area contributed by atoms with E-state index in [4.69, 9.17) is 21.1 Å². The molecule has 2 aliphatic heterocycles. The summed E-state index contributed by atoms with van der Waals surface area (Å²) in [5.41, 5.74) is 1.78. The highest BCUT2D eigenvalue weighted by Gasteiger charge is 2.39. The van der Waals surface area contributed by atoms with Crippen LogP contribution in [0.3, 0.4) is 0 Å². The molecule has 1 amide bonds. The van der Waals surface area contributed by atoms with Crippen molar-refractivity contribution in [3.63, 3.8) is 0 Å². The van der Waals surface area contributed by atoms with Crippen molar-refractivity contribution >= 4 is 56.8 Å². The summed E-state index contributed by atoms with van der Waals surface area (Å²) in [4.78, 5) is 39.3. The van der Waals surface area contributed by atoms with E-state index >= 15 is 0 Å². The van der Waals surface area contributed by atoms with Gasteiger partial charge in [0.15, 0.2) is 0 Å². The second kappa shape index (κ2) is 9.10. The molecule has 0 saturated carbocycles. The largest absolute Gasteiger partial charge is 0.467 e. The molecule has 0 aliphatic carbocycles. The SMILES string of the molecule is COC(=O)C1CN=C(CN2CC(C)(C)OCC2C(=O)Nc2cc(Cl)cc3c2[nH]c2cnccc23)N1. The van der Waals surface area contributed by atoms with Gasteiger partial charge in [0.2, 0.25) is 5.91 Å². The molecule has 1 saturated heterocycles. The molecule has 2 atom stereocenters. The molecule has 3 N–H and O–H groups in total. The van der Waals surface area contributed by atoms with Crippen molar-refractivity contribution in [2.75, 3.05) is 38.7 Å². The van der Waals surface area contributed by atoms with Crippen LogP contribution in [0, 0.1) is 0 Å². The maximum absolute atomic E-state index is 13.5. The topological polar surface area (TPSA) is 121 Å². The normalized spacial score (nSPS) is 22.1. The molecule has 1 aromatic carbocycles. The molecule has 3 aromatic rings. The number of rotatable bonds is 5. The number of morpholine rings is 1. The lowest BCUT2D eigenvalue weighted by atomic mass is 10.0. The molecule has 11 heteroatoms.